The summed E-state index contributed by atoms with van der Waals surface area (Å²) in [6, 6.07) is 1.14. The molecule has 0 bridgehead atoms. The lowest BCUT2D eigenvalue weighted by molar-refractivity contribution is -0.135. The molecule has 0 saturated carbocycles. The van der Waals surface area contributed by atoms with E-state index in [1.165, 1.54) is 32.9 Å². The first-order chi connectivity index (χ1) is 18.7. The van der Waals surface area contributed by atoms with Gasteiger partial charge < -0.3 is 39.2 Å². The third kappa shape index (κ3) is 6.77. The van der Waals surface area contributed by atoms with Crippen molar-refractivity contribution in [3.05, 3.63) is 45.8 Å². The second kappa shape index (κ2) is 12.9. The molecule has 0 radical (unpaired) electrons. The molecule has 2 unspecified atom stereocenters. The molecule has 0 amide bonds. The number of methoxy groups -OCH3 is 1. The number of aliphatic hydroxyl groups excluding tert-OH is 2. The summed E-state index contributed by atoms with van der Waals surface area (Å²) in [4.78, 5) is 37.9. The molecule has 214 valence electrons. The van der Waals surface area contributed by atoms with E-state index in [4.69, 9.17) is 29.0 Å². The molecule has 17 nitrogen and oxygen atoms in total. The Labute approximate surface area is 221 Å². The van der Waals surface area contributed by atoms with Gasteiger partial charge in [0.25, 0.3) is 5.56 Å². The van der Waals surface area contributed by atoms with Crippen molar-refractivity contribution >= 4 is 25.2 Å². The molecule has 1 fully saturated rings. The molecule has 1 aliphatic heterocycles. The maximum Gasteiger partial charge on any atom is 0.330 e. The molecule has 4 rings (SSSR count). The first-order valence-corrected chi connectivity index (χ1v) is 13.1. The number of ether oxygens (including phenoxy) is 3. The SMILES string of the molecule is COC[C@@H](O[C@H](CO)[C@@H](C)O[PH](=O)OC[C@H]1O[C@@H](n2cnc3c(N)ncnc32)CC1O)n1ccc(=O)[nH]c1=O. The molecule has 39 heavy (non-hydrogen) atoms. The average Bonchev–Trinajstić information content (AvgIpc) is 3.49. The third-order valence-electron chi connectivity index (χ3n) is 6.06. The number of fused-ring (bicyclic) bond motifs is 1. The molecule has 18 heteroatoms. The Hall–Kier alpha value is -3.02. The summed E-state index contributed by atoms with van der Waals surface area (Å²) in [5.41, 5.74) is 5.34. The van der Waals surface area contributed by atoms with E-state index < -0.39 is 63.0 Å². The number of aromatic nitrogens is 6. The van der Waals surface area contributed by atoms with Crippen LogP contribution in [0, 0.1) is 0 Å². The lowest BCUT2D eigenvalue weighted by Crippen LogP contribution is -2.40. The van der Waals surface area contributed by atoms with Gasteiger partial charge in [0.1, 0.15) is 30.3 Å². The van der Waals surface area contributed by atoms with Crippen LogP contribution in [-0.2, 0) is 27.8 Å². The number of nitrogens with two attached hydrogens (primary N) is 1. The maximum atomic E-state index is 12.5. The molecule has 0 aromatic carbocycles. The fraction of sp³-hybridized carbons (Fsp3) is 0.571. The standard InChI is InChI=1S/C21H30N7O10P/c1-11(13(6-29)36-17(8-34-2)27-4-3-15(31)26-21(27)32)38-39(33)35-7-14-12(30)5-16(37-14)28-10-25-18-19(22)23-9-24-20(18)28/h3-4,9-14,16-17,29-30,39H,5-8H2,1-2H3,(H2,22,23,24)(H,26,31,32)/t11-,12?,13-,14-,16-,17-/m1/s1. The number of nitrogens with zero attached hydrogens (tertiary/aromatic N) is 5. The largest absolute Gasteiger partial charge is 0.394 e. The average molecular weight is 571 g/mol. The molecule has 5 N–H and O–H groups in total. The van der Waals surface area contributed by atoms with Gasteiger partial charge >= 0.3 is 13.9 Å². The van der Waals surface area contributed by atoms with Crippen LogP contribution in [0.15, 0.2) is 34.5 Å². The lowest BCUT2D eigenvalue weighted by atomic mass is 10.2. The highest BCUT2D eigenvalue weighted by Gasteiger charge is 2.36. The summed E-state index contributed by atoms with van der Waals surface area (Å²) in [6.07, 6.45) is -1.16. The topological polar surface area (TPSA) is 228 Å². The van der Waals surface area contributed by atoms with E-state index in [1.807, 2.05) is 0 Å². The normalized spacial score (nSPS) is 22.6. The Morgan fingerprint density at radius 1 is 1.33 bits per heavy atom. The van der Waals surface area contributed by atoms with Crippen LogP contribution in [0.3, 0.4) is 0 Å². The van der Waals surface area contributed by atoms with Crippen LogP contribution < -0.4 is 17.0 Å². The van der Waals surface area contributed by atoms with Crippen molar-refractivity contribution in [1.82, 2.24) is 29.1 Å². The van der Waals surface area contributed by atoms with Gasteiger partial charge in [-0.3, -0.25) is 23.5 Å². The molecule has 0 spiro atoms. The summed E-state index contributed by atoms with van der Waals surface area (Å²) in [5, 5.41) is 20.3. The number of H-pyrrole nitrogens is 1. The number of nitrogens with one attached hydrogen (secondary N) is 1. The Morgan fingerprint density at radius 2 is 2.13 bits per heavy atom. The number of hydrogen-bond donors (Lipinski definition) is 4. The highest BCUT2D eigenvalue weighted by Crippen LogP contribution is 2.34. The van der Waals surface area contributed by atoms with Gasteiger partial charge in [-0.2, -0.15) is 0 Å². The van der Waals surface area contributed by atoms with E-state index in [0.29, 0.717) is 11.2 Å². The molecule has 0 aliphatic carbocycles. The molecule has 3 aromatic heterocycles. The monoisotopic (exact) mass is 571 g/mol. The number of rotatable bonds is 13. The van der Waals surface area contributed by atoms with E-state index in [-0.39, 0.29) is 25.5 Å². The zero-order valence-electron chi connectivity index (χ0n) is 21.1. The van der Waals surface area contributed by atoms with Crippen LogP contribution in [0.25, 0.3) is 11.2 Å². The van der Waals surface area contributed by atoms with E-state index in [0.717, 1.165) is 10.6 Å². The molecular weight excluding hydrogens is 541 g/mol. The Kier molecular flexibility index (Phi) is 9.58. The molecule has 1 saturated heterocycles. The minimum atomic E-state index is -3.12. The second-order valence-electron chi connectivity index (χ2n) is 8.68. The predicted octanol–water partition coefficient (Wildman–Crippen LogP) is -1.06. The quantitative estimate of drug-likeness (QED) is 0.179. The van der Waals surface area contributed by atoms with Gasteiger partial charge in [-0.1, -0.05) is 0 Å². The molecular formula is C21H30N7O10P. The number of aliphatic hydroxyl groups is 2. The highest BCUT2D eigenvalue weighted by atomic mass is 31.1. The molecule has 7 atom stereocenters. The first-order valence-electron chi connectivity index (χ1n) is 11.9. The summed E-state index contributed by atoms with van der Waals surface area (Å²) < 4.78 is 42.7. The third-order valence-corrected chi connectivity index (χ3v) is 7.02. The molecule has 4 heterocycles. The van der Waals surface area contributed by atoms with Gasteiger partial charge in [0.2, 0.25) is 0 Å². The number of nitrogen functional groups attached to an aromatic ring is 1. The minimum Gasteiger partial charge on any atom is -0.394 e. The molecule has 1 aliphatic rings. The molecule has 3 aromatic rings. The van der Waals surface area contributed by atoms with Gasteiger partial charge in [-0.05, 0) is 6.92 Å². The van der Waals surface area contributed by atoms with Gasteiger partial charge in [0, 0.05) is 25.8 Å². The zero-order valence-corrected chi connectivity index (χ0v) is 22.1. The Bertz CT molecular complexity index is 1400. The van der Waals surface area contributed by atoms with Crippen molar-refractivity contribution in [3.8, 4) is 0 Å². The van der Waals surface area contributed by atoms with Crippen molar-refractivity contribution in [2.45, 2.75) is 50.2 Å². The van der Waals surface area contributed by atoms with Crippen molar-refractivity contribution in [3.63, 3.8) is 0 Å². The summed E-state index contributed by atoms with van der Waals surface area (Å²) in [7, 11) is -1.74. The zero-order chi connectivity index (χ0) is 28.1. The predicted molar refractivity (Wildman–Crippen MR) is 134 cm³/mol. The van der Waals surface area contributed by atoms with Gasteiger partial charge in [0.05, 0.1) is 38.4 Å². The fourth-order valence-electron chi connectivity index (χ4n) is 4.01. The fourth-order valence-corrected chi connectivity index (χ4v) is 4.84. The summed E-state index contributed by atoms with van der Waals surface area (Å²) >= 11 is 0. The maximum absolute atomic E-state index is 12.5. The van der Waals surface area contributed by atoms with E-state index in [1.54, 1.807) is 4.57 Å². The number of aromatic amines is 1. The Morgan fingerprint density at radius 3 is 2.85 bits per heavy atom. The van der Waals surface area contributed by atoms with Crippen LogP contribution in [0.4, 0.5) is 5.82 Å². The van der Waals surface area contributed by atoms with E-state index in [2.05, 4.69) is 19.9 Å². The highest BCUT2D eigenvalue weighted by molar-refractivity contribution is 7.33. The summed E-state index contributed by atoms with van der Waals surface area (Å²) in [5.74, 6) is 0.214. The first kappa shape index (κ1) is 29.0. The number of imidazole rings is 1. The van der Waals surface area contributed by atoms with Crippen LogP contribution in [-0.4, -0.2) is 90.6 Å². The van der Waals surface area contributed by atoms with Crippen LogP contribution in [0.2, 0.25) is 0 Å². The van der Waals surface area contributed by atoms with Crippen LogP contribution in [0.1, 0.15) is 25.8 Å². The Balaban J connectivity index is 1.32. The second-order valence-corrected chi connectivity index (χ2v) is 9.71. The number of anilines is 1. The minimum absolute atomic E-state index is 0.0935. The van der Waals surface area contributed by atoms with Crippen molar-refractivity contribution in [1.29, 1.82) is 0 Å². The van der Waals surface area contributed by atoms with E-state index >= 15 is 0 Å². The smallest absolute Gasteiger partial charge is 0.330 e. The van der Waals surface area contributed by atoms with Crippen molar-refractivity contribution in [2.24, 2.45) is 0 Å². The lowest BCUT2D eigenvalue weighted by Gasteiger charge is -2.28. The van der Waals surface area contributed by atoms with E-state index in [9.17, 15) is 24.4 Å². The van der Waals surface area contributed by atoms with Crippen LogP contribution >= 0.6 is 8.25 Å². The van der Waals surface area contributed by atoms with Crippen LogP contribution in [0.5, 0.6) is 0 Å². The van der Waals surface area contributed by atoms with Crippen molar-refractivity contribution < 1.29 is 38.0 Å². The van der Waals surface area contributed by atoms with Gasteiger partial charge in [-0.15, -0.1) is 0 Å². The summed E-state index contributed by atoms with van der Waals surface area (Å²) in [6.45, 7) is 0.619. The number of hydrogen-bond acceptors (Lipinski definition) is 14. The van der Waals surface area contributed by atoms with Gasteiger partial charge in [0.15, 0.2) is 17.7 Å². The van der Waals surface area contributed by atoms with Crippen molar-refractivity contribution in [2.75, 3.05) is 32.7 Å². The van der Waals surface area contributed by atoms with Gasteiger partial charge in [-0.25, -0.2) is 19.7 Å².